The molecule has 0 saturated heterocycles. The third kappa shape index (κ3) is 3.23. The number of imidazole rings is 1. The van der Waals surface area contributed by atoms with Gasteiger partial charge in [0, 0.05) is 17.3 Å². The maximum absolute atomic E-state index is 5.85. The molecule has 0 spiro atoms. The number of hydrogen-bond donors (Lipinski definition) is 2. The Balaban J connectivity index is 1.36. The molecule has 0 atom stereocenters. The Bertz CT molecular complexity index is 1200. The summed E-state index contributed by atoms with van der Waals surface area (Å²) >= 11 is 0. The fraction of sp³-hybridized carbons (Fsp3) is 0.0455. The molecule has 136 valence electrons. The van der Waals surface area contributed by atoms with Gasteiger partial charge in [-0.15, -0.1) is 0 Å². The number of pyridine rings is 1. The van der Waals surface area contributed by atoms with Crippen LogP contribution in [-0.4, -0.2) is 25.1 Å². The fourth-order valence-electron chi connectivity index (χ4n) is 3.03. The summed E-state index contributed by atoms with van der Waals surface area (Å²) in [4.78, 5) is 12.6. The number of aromatic nitrogens is 5. The summed E-state index contributed by atoms with van der Waals surface area (Å²) in [6.07, 6.45) is 3.56. The molecule has 0 radical (unpaired) electrons. The van der Waals surface area contributed by atoms with Crippen LogP contribution < -0.4 is 4.74 Å². The van der Waals surface area contributed by atoms with Gasteiger partial charge in [0.25, 0.3) is 0 Å². The van der Waals surface area contributed by atoms with Crippen molar-refractivity contribution in [1.82, 2.24) is 25.1 Å². The van der Waals surface area contributed by atoms with Crippen LogP contribution >= 0.6 is 0 Å². The topological polar surface area (TPSA) is 79.5 Å². The summed E-state index contributed by atoms with van der Waals surface area (Å²) < 4.78 is 5.85. The van der Waals surface area contributed by atoms with E-state index in [-0.39, 0.29) is 0 Å². The number of nitrogens with zero attached hydrogens (tertiary/aromatic N) is 3. The number of H-pyrrole nitrogens is 2. The standard InChI is InChI=1S/C22H17N5O/c1-2-4-15(5-3-1)14-28-18-8-6-16(7-9-18)21-26-20-11-10-19(25-22(20)27-21)17-12-23-24-13-17/h1-13H,14H2,(H,23,24)(H,25,26,27). The molecule has 28 heavy (non-hydrogen) atoms. The zero-order valence-corrected chi connectivity index (χ0v) is 15.0. The van der Waals surface area contributed by atoms with E-state index in [1.165, 1.54) is 0 Å². The van der Waals surface area contributed by atoms with E-state index in [9.17, 15) is 0 Å². The van der Waals surface area contributed by atoms with Gasteiger partial charge in [0.2, 0.25) is 0 Å². The predicted molar refractivity (Wildman–Crippen MR) is 108 cm³/mol. The molecule has 0 unspecified atom stereocenters. The first kappa shape index (κ1) is 16.3. The van der Waals surface area contributed by atoms with Gasteiger partial charge < -0.3 is 9.72 Å². The summed E-state index contributed by atoms with van der Waals surface area (Å²) in [6.45, 7) is 0.547. The van der Waals surface area contributed by atoms with Crippen molar-refractivity contribution in [1.29, 1.82) is 0 Å². The second kappa shape index (κ2) is 7.00. The van der Waals surface area contributed by atoms with Gasteiger partial charge in [0.1, 0.15) is 18.2 Å². The van der Waals surface area contributed by atoms with E-state index in [1.54, 1.807) is 6.20 Å². The largest absolute Gasteiger partial charge is 0.489 e. The van der Waals surface area contributed by atoms with Crippen molar-refractivity contribution in [3.05, 3.63) is 84.7 Å². The summed E-state index contributed by atoms with van der Waals surface area (Å²) in [6, 6.07) is 22.0. The molecule has 3 aromatic heterocycles. The molecular formula is C22H17N5O. The van der Waals surface area contributed by atoms with Crippen LogP contribution in [0.5, 0.6) is 5.75 Å². The molecule has 0 aliphatic heterocycles. The molecule has 3 heterocycles. The summed E-state index contributed by atoms with van der Waals surface area (Å²) in [5, 5.41) is 6.77. The van der Waals surface area contributed by atoms with Crippen molar-refractivity contribution < 1.29 is 4.74 Å². The highest BCUT2D eigenvalue weighted by atomic mass is 16.5. The quantitative estimate of drug-likeness (QED) is 0.476. The van der Waals surface area contributed by atoms with Gasteiger partial charge in [-0.1, -0.05) is 30.3 Å². The minimum absolute atomic E-state index is 0.547. The minimum atomic E-state index is 0.547. The first-order chi connectivity index (χ1) is 13.8. The predicted octanol–water partition coefficient (Wildman–Crippen LogP) is 4.59. The van der Waals surface area contributed by atoms with E-state index in [4.69, 9.17) is 4.74 Å². The molecular weight excluding hydrogens is 350 g/mol. The monoisotopic (exact) mass is 367 g/mol. The Hall–Kier alpha value is -3.93. The highest BCUT2D eigenvalue weighted by Crippen LogP contribution is 2.24. The lowest BCUT2D eigenvalue weighted by Gasteiger charge is -2.06. The SMILES string of the molecule is c1ccc(COc2ccc(-c3nc4nc(-c5cn[nH]c5)ccc4[nH]3)cc2)cc1. The highest BCUT2D eigenvalue weighted by molar-refractivity contribution is 5.78. The third-order valence-electron chi connectivity index (χ3n) is 4.52. The van der Waals surface area contributed by atoms with Crippen LogP contribution in [0, 0.1) is 0 Å². The Morgan fingerprint density at radius 3 is 2.46 bits per heavy atom. The lowest BCUT2D eigenvalue weighted by atomic mass is 10.2. The van der Waals surface area contributed by atoms with Crippen LogP contribution in [-0.2, 0) is 6.61 Å². The molecule has 5 rings (SSSR count). The zero-order valence-electron chi connectivity index (χ0n) is 15.0. The van der Waals surface area contributed by atoms with Crippen LogP contribution in [0.2, 0.25) is 0 Å². The molecule has 0 aliphatic rings. The molecule has 5 aromatic rings. The number of hydrogen-bond acceptors (Lipinski definition) is 4. The molecule has 0 saturated carbocycles. The lowest BCUT2D eigenvalue weighted by molar-refractivity contribution is 0.306. The molecule has 0 aliphatic carbocycles. The van der Waals surface area contributed by atoms with Crippen molar-refractivity contribution in [2.24, 2.45) is 0 Å². The Morgan fingerprint density at radius 1 is 0.821 bits per heavy atom. The van der Waals surface area contributed by atoms with E-state index in [1.807, 2.05) is 72.9 Å². The first-order valence-corrected chi connectivity index (χ1v) is 8.98. The number of benzene rings is 2. The summed E-state index contributed by atoms with van der Waals surface area (Å²) in [5.41, 5.74) is 5.47. The molecule has 0 amide bonds. The van der Waals surface area contributed by atoms with Crippen molar-refractivity contribution >= 4 is 11.2 Å². The molecule has 0 bridgehead atoms. The minimum Gasteiger partial charge on any atom is -0.489 e. The van der Waals surface area contributed by atoms with Gasteiger partial charge in [-0.25, -0.2) is 9.97 Å². The Kier molecular flexibility index (Phi) is 4.06. The van der Waals surface area contributed by atoms with Gasteiger partial charge >= 0.3 is 0 Å². The summed E-state index contributed by atoms with van der Waals surface area (Å²) in [5.74, 6) is 1.60. The second-order valence-corrected chi connectivity index (χ2v) is 6.44. The maximum atomic E-state index is 5.85. The number of nitrogens with one attached hydrogen (secondary N) is 2. The molecule has 6 heteroatoms. The normalized spacial score (nSPS) is 11.0. The Morgan fingerprint density at radius 2 is 1.68 bits per heavy atom. The number of aromatic amines is 2. The van der Waals surface area contributed by atoms with Crippen LogP contribution in [0.15, 0.2) is 79.1 Å². The maximum Gasteiger partial charge on any atom is 0.178 e. The summed E-state index contributed by atoms with van der Waals surface area (Å²) in [7, 11) is 0. The van der Waals surface area contributed by atoms with E-state index in [0.717, 1.165) is 39.5 Å². The zero-order chi connectivity index (χ0) is 18.8. The second-order valence-electron chi connectivity index (χ2n) is 6.44. The van der Waals surface area contributed by atoms with E-state index >= 15 is 0 Å². The van der Waals surface area contributed by atoms with Crippen molar-refractivity contribution in [2.45, 2.75) is 6.61 Å². The van der Waals surface area contributed by atoms with Crippen molar-refractivity contribution in [3.63, 3.8) is 0 Å². The average molecular weight is 367 g/mol. The third-order valence-corrected chi connectivity index (χ3v) is 4.52. The van der Waals surface area contributed by atoms with Gasteiger partial charge in [-0.2, -0.15) is 5.10 Å². The number of fused-ring (bicyclic) bond motifs is 1. The average Bonchev–Trinajstić information content (AvgIpc) is 3.43. The van der Waals surface area contributed by atoms with Gasteiger partial charge in [-0.05, 0) is 42.0 Å². The molecule has 0 fully saturated rings. The van der Waals surface area contributed by atoms with Crippen LogP contribution in [0.25, 0.3) is 33.8 Å². The van der Waals surface area contributed by atoms with Crippen LogP contribution in [0.1, 0.15) is 5.56 Å². The molecule has 2 N–H and O–H groups in total. The van der Waals surface area contributed by atoms with Gasteiger partial charge in [0.05, 0.1) is 17.4 Å². The molecule has 2 aromatic carbocycles. The van der Waals surface area contributed by atoms with E-state index < -0.39 is 0 Å². The van der Waals surface area contributed by atoms with Crippen molar-refractivity contribution in [2.75, 3.05) is 0 Å². The van der Waals surface area contributed by atoms with Crippen molar-refractivity contribution in [3.8, 4) is 28.4 Å². The van der Waals surface area contributed by atoms with E-state index in [0.29, 0.717) is 12.3 Å². The number of ether oxygens (including phenoxy) is 1. The van der Waals surface area contributed by atoms with Crippen LogP contribution in [0.4, 0.5) is 0 Å². The number of rotatable bonds is 5. The van der Waals surface area contributed by atoms with Gasteiger partial charge in [-0.3, -0.25) is 5.10 Å². The lowest BCUT2D eigenvalue weighted by Crippen LogP contribution is -1.94. The first-order valence-electron chi connectivity index (χ1n) is 8.98. The van der Waals surface area contributed by atoms with E-state index in [2.05, 4.69) is 25.1 Å². The highest BCUT2D eigenvalue weighted by Gasteiger charge is 2.09. The molecule has 6 nitrogen and oxygen atoms in total. The Labute approximate surface area is 161 Å². The smallest absolute Gasteiger partial charge is 0.178 e. The fourth-order valence-corrected chi connectivity index (χ4v) is 3.03. The van der Waals surface area contributed by atoms with Gasteiger partial charge in [0.15, 0.2) is 5.65 Å². The van der Waals surface area contributed by atoms with Crippen LogP contribution in [0.3, 0.4) is 0 Å².